The van der Waals surface area contributed by atoms with Gasteiger partial charge in [-0.2, -0.15) is 0 Å². The summed E-state index contributed by atoms with van der Waals surface area (Å²) in [6, 6.07) is 8.64. The van der Waals surface area contributed by atoms with Gasteiger partial charge in [-0.05, 0) is 69.2 Å². The van der Waals surface area contributed by atoms with Gasteiger partial charge >= 0.3 is 6.16 Å². The third kappa shape index (κ3) is 5.44. The Morgan fingerprint density at radius 1 is 1.07 bits per heavy atom. The highest BCUT2D eigenvalue weighted by Gasteiger charge is 2.58. The molecular weight excluding hydrogens is 534 g/mol. The Kier molecular flexibility index (Phi) is 7.87. The molecule has 11 nitrogen and oxygen atoms in total. The van der Waals surface area contributed by atoms with E-state index in [-0.39, 0.29) is 17.5 Å². The monoisotopic (exact) mass is 569 g/mol. The van der Waals surface area contributed by atoms with E-state index in [4.69, 9.17) is 33.2 Å². The predicted octanol–water partition coefficient (Wildman–Crippen LogP) is 3.73. The van der Waals surface area contributed by atoms with Gasteiger partial charge in [-0.1, -0.05) is 6.92 Å². The number of benzene rings is 2. The number of aliphatic hydroxyl groups is 1. The van der Waals surface area contributed by atoms with E-state index in [1.165, 1.54) is 0 Å². The molecule has 0 bridgehead atoms. The van der Waals surface area contributed by atoms with Crippen LogP contribution in [0.5, 0.6) is 17.2 Å². The number of rotatable bonds is 8. The van der Waals surface area contributed by atoms with Gasteiger partial charge in [-0.25, -0.2) is 4.79 Å². The van der Waals surface area contributed by atoms with Crippen molar-refractivity contribution in [1.29, 1.82) is 0 Å². The molecule has 2 N–H and O–H groups in total. The molecule has 3 heterocycles. The lowest BCUT2D eigenvalue weighted by molar-refractivity contribution is -0.268. The van der Waals surface area contributed by atoms with Crippen LogP contribution in [0.3, 0.4) is 0 Å². The van der Waals surface area contributed by atoms with Gasteiger partial charge in [0.05, 0.1) is 30.9 Å². The van der Waals surface area contributed by atoms with Crippen LogP contribution in [0.15, 0.2) is 36.0 Å². The molecule has 0 aliphatic carbocycles. The minimum Gasteiger partial charge on any atom is -0.496 e. The fourth-order valence-corrected chi connectivity index (χ4v) is 5.45. The average Bonchev–Trinajstić information content (AvgIpc) is 3.33. The first kappa shape index (κ1) is 28.7. The third-order valence-corrected chi connectivity index (χ3v) is 7.73. The van der Waals surface area contributed by atoms with Gasteiger partial charge in [-0.3, -0.25) is 4.79 Å². The van der Waals surface area contributed by atoms with Crippen LogP contribution in [0.2, 0.25) is 0 Å². The van der Waals surface area contributed by atoms with Crippen molar-refractivity contribution >= 4 is 18.1 Å². The second-order valence-electron chi connectivity index (χ2n) is 10.7. The largest absolute Gasteiger partial charge is 0.509 e. The number of carbonyl (C=O) groups excluding carboxylic acids is 2. The van der Waals surface area contributed by atoms with Crippen LogP contribution in [0, 0.1) is 12.8 Å². The molecule has 2 aromatic carbocycles. The first-order valence-electron chi connectivity index (χ1n) is 13.4. The van der Waals surface area contributed by atoms with Crippen LogP contribution < -0.4 is 19.5 Å². The number of hydrogen-bond donors (Lipinski definition) is 2. The molecule has 0 radical (unpaired) electrons. The van der Waals surface area contributed by atoms with E-state index < -0.39 is 36.5 Å². The van der Waals surface area contributed by atoms with Crippen molar-refractivity contribution in [2.45, 2.75) is 64.5 Å². The molecule has 2 saturated heterocycles. The van der Waals surface area contributed by atoms with Crippen LogP contribution in [0.25, 0.3) is 6.08 Å². The van der Waals surface area contributed by atoms with Crippen LogP contribution >= 0.6 is 0 Å². The fraction of sp³-hybridized carbons (Fsp3) is 0.467. The van der Waals surface area contributed by atoms with Gasteiger partial charge in [0.15, 0.2) is 6.10 Å². The second-order valence-corrected chi connectivity index (χ2v) is 10.7. The topological polar surface area (TPSA) is 131 Å². The minimum atomic E-state index is -1.42. The van der Waals surface area contributed by atoms with Crippen LogP contribution in [0.1, 0.15) is 47.8 Å². The summed E-state index contributed by atoms with van der Waals surface area (Å²) in [5.74, 6) is 0.849. The van der Waals surface area contributed by atoms with Crippen LogP contribution in [-0.4, -0.2) is 68.4 Å². The maximum Gasteiger partial charge on any atom is 0.509 e. The summed E-state index contributed by atoms with van der Waals surface area (Å²) in [4.78, 5) is 25.0. The first-order chi connectivity index (χ1) is 19.6. The van der Waals surface area contributed by atoms with Crippen molar-refractivity contribution in [2.75, 3.05) is 20.8 Å². The number of fused-ring (bicyclic) bond motifs is 2. The smallest absolute Gasteiger partial charge is 0.496 e. The van der Waals surface area contributed by atoms with Crippen molar-refractivity contribution in [1.82, 2.24) is 5.32 Å². The number of hydrogen-bond acceptors (Lipinski definition) is 10. The van der Waals surface area contributed by atoms with Gasteiger partial charge in [-0.15, -0.1) is 0 Å². The van der Waals surface area contributed by atoms with Crippen molar-refractivity contribution < 1.29 is 47.9 Å². The molecule has 220 valence electrons. The molecule has 1 amide bonds. The maximum absolute atomic E-state index is 13.0. The predicted molar refractivity (Wildman–Crippen MR) is 146 cm³/mol. The van der Waals surface area contributed by atoms with Gasteiger partial charge in [0, 0.05) is 23.8 Å². The Morgan fingerprint density at radius 2 is 1.80 bits per heavy atom. The average molecular weight is 570 g/mol. The van der Waals surface area contributed by atoms with E-state index in [1.807, 2.05) is 20.8 Å². The molecule has 5 rings (SSSR count). The first-order valence-corrected chi connectivity index (χ1v) is 13.4. The second kappa shape index (κ2) is 11.2. The van der Waals surface area contributed by atoms with E-state index in [9.17, 15) is 14.7 Å². The zero-order valence-corrected chi connectivity index (χ0v) is 23.9. The summed E-state index contributed by atoms with van der Waals surface area (Å²) >= 11 is 0. The number of methoxy groups -OCH3 is 2. The fourth-order valence-electron chi connectivity index (χ4n) is 5.45. The van der Waals surface area contributed by atoms with E-state index >= 15 is 0 Å². The number of nitrogens with one attached hydrogen (secondary N) is 1. The molecule has 0 aromatic heterocycles. The van der Waals surface area contributed by atoms with E-state index in [1.54, 1.807) is 57.6 Å². The Hall–Kier alpha value is -3.80. The lowest BCUT2D eigenvalue weighted by Gasteiger charge is -2.45. The number of ether oxygens (including phenoxy) is 7. The summed E-state index contributed by atoms with van der Waals surface area (Å²) in [6.45, 7) is 7.82. The van der Waals surface area contributed by atoms with Crippen molar-refractivity contribution in [3.63, 3.8) is 0 Å². The summed E-state index contributed by atoms with van der Waals surface area (Å²) in [5, 5.41) is 13.5. The van der Waals surface area contributed by atoms with Crippen molar-refractivity contribution in [3.8, 4) is 17.2 Å². The summed E-state index contributed by atoms with van der Waals surface area (Å²) < 4.78 is 39.8. The Morgan fingerprint density at radius 3 is 2.51 bits per heavy atom. The van der Waals surface area contributed by atoms with Gasteiger partial charge in [0.2, 0.25) is 18.7 Å². The van der Waals surface area contributed by atoms with Gasteiger partial charge in [0.25, 0.3) is 5.91 Å². The Labute approximate surface area is 238 Å². The molecule has 5 atom stereocenters. The van der Waals surface area contributed by atoms with Gasteiger partial charge in [0.1, 0.15) is 17.2 Å². The normalized spacial score (nSPS) is 26.0. The Bertz CT molecular complexity index is 1370. The quantitative estimate of drug-likeness (QED) is 0.454. The maximum atomic E-state index is 13.0. The summed E-state index contributed by atoms with van der Waals surface area (Å²) in [7, 11) is 3.16. The molecule has 3 aliphatic rings. The van der Waals surface area contributed by atoms with Gasteiger partial charge < -0.3 is 43.6 Å². The third-order valence-electron chi connectivity index (χ3n) is 7.73. The molecule has 41 heavy (non-hydrogen) atoms. The highest BCUT2D eigenvalue weighted by atomic mass is 16.8. The molecule has 0 spiro atoms. The molecule has 3 aliphatic heterocycles. The lowest BCUT2D eigenvalue weighted by Crippen LogP contribution is -2.60. The van der Waals surface area contributed by atoms with Crippen LogP contribution in [0.4, 0.5) is 4.79 Å². The van der Waals surface area contributed by atoms with Crippen molar-refractivity contribution in [2.24, 2.45) is 5.92 Å². The molecule has 5 unspecified atom stereocenters. The van der Waals surface area contributed by atoms with Crippen LogP contribution in [-0.2, 0) is 25.4 Å². The van der Waals surface area contributed by atoms with E-state index in [0.29, 0.717) is 47.0 Å². The molecule has 11 heteroatoms. The number of aryl methyl sites for hydroxylation is 1. The molecular formula is C30H35NO10. The number of amides is 1. The molecule has 2 aromatic rings. The zero-order chi connectivity index (χ0) is 29.5. The summed E-state index contributed by atoms with van der Waals surface area (Å²) in [6.07, 6.45) is -2.22. The molecule has 2 fully saturated rings. The van der Waals surface area contributed by atoms with Crippen molar-refractivity contribution in [3.05, 3.63) is 58.3 Å². The number of carbonyl (C=O) groups is 2. The number of aliphatic hydroxyl groups excluding tert-OH is 1. The summed E-state index contributed by atoms with van der Waals surface area (Å²) in [5.41, 5.74) is 2.00. The standard InChI is InChI=1S/C30H35NO10/c1-7-16-12-18(9-11-22(16)36-6)26(32)31-20-13-17-8-10-21(15(2)23(17)38-27(20)33)37-28-25-24(39-29(34)40-25)19(14-35-5)30(3,4)41-28/h8-13,19,24-25,27-28,33H,7,14H2,1-6H3,(H,31,32). The SMILES string of the molecule is CCc1cc(C(=O)NC2=Cc3ccc(OC4OC(C)(C)C(COC)C5OC(=O)OC45)c(C)c3OC2O)ccc1OC. The molecule has 0 saturated carbocycles. The van der Waals surface area contributed by atoms with E-state index in [2.05, 4.69) is 5.32 Å². The minimum absolute atomic E-state index is 0.198. The highest BCUT2D eigenvalue weighted by molar-refractivity contribution is 5.96. The van der Waals surface area contributed by atoms with E-state index in [0.717, 1.165) is 5.56 Å². The Balaban J connectivity index is 1.36. The highest BCUT2D eigenvalue weighted by Crippen LogP contribution is 2.43. The lowest BCUT2D eigenvalue weighted by atomic mass is 9.81. The zero-order valence-electron chi connectivity index (χ0n) is 23.9.